The second-order valence-corrected chi connectivity index (χ2v) is 5.67. The van der Waals surface area contributed by atoms with Gasteiger partial charge in [0.25, 0.3) is 5.91 Å². The first-order chi connectivity index (χ1) is 10.5. The lowest BCUT2D eigenvalue weighted by molar-refractivity contribution is -0.119. The summed E-state index contributed by atoms with van der Waals surface area (Å²) in [5, 5.41) is 3.52. The van der Waals surface area contributed by atoms with Crippen molar-refractivity contribution in [2.24, 2.45) is 5.92 Å². The van der Waals surface area contributed by atoms with Crippen molar-refractivity contribution in [3.05, 3.63) is 23.8 Å². The number of aromatic amines is 1. The van der Waals surface area contributed by atoms with Crippen LogP contribution in [-0.4, -0.2) is 30.4 Å². The van der Waals surface area contributed by atoms with Gasteiger partial charge in [0.05, 0.1) is 5.56 Å². The molecular formula is C16H20N4O2. The van der Waals surface area contributed by atoms with Crippen LogP contribution in [0.2, 0.25) is 0 Å². The molecule has 1 aromatic carbocycles. The van der Waals surface area contributed by atoms with Gasteiger partial charge < -0.3 is 20.9 Å². The van der Waals surface area contributed by atoms with Gasteiger partial charge in [-0.3, -0.25) is 9.59 Å². The third-order valence-corrected chi connectivity index (χ3v) is 4.02. The van der Waals surface area contributed by atoms with E-state index >= 15 is 0 Å². The number of aromatic nitrogens is 1. The molecule has 4 N–H and O–H groups in total. The molecule has 116 valence electrons. The Balaban J connectivity index is 1.97. The first kappa shape index (κ1) is 14.4. The molecule has 0 unspecified atom stereocenters. The zero-order valence-electron chi connectivity index (χ0n) is 12.8. The monoisotopic (exact) mass is 300 g/mol. The Morgan fingerprint density at radius 1 is 1.41 bits per heavy atom. The summed E-state index contributed by atoms with van der Waals surface area (Å²) in [6, 6.07) is 5.53. The molecule has 6 nitrogen and oxygen atoms in total. The standard InChI is InChI=1S/C16H20N4O2/c1-3-18-15(21)13-11-7-6-10(8-12(11)19-14(13)17)20(2)16(22)9-4-5-9/h6-9,19H,3-5,17H2,1-2H3,(H,18,21). The number of carbonyl (C=O) groups excluding carboxylic acids is 2. The van der Waals surface area contributed by atoms with Crippen molar-refractivity contribution < 1.29 is 9.59 Å². The maximum Gasteiger partial charge on any atom is 0.255 e. The van der Waals surface area contributed by atoms with Crippen molar-refractivity contribution in [3.63, 3.8) is 0 Å². The van der Waals surface area contributed by atoms with Gasteiger partial charge >= 0.3 is 0 Å². The van der Waals surface area contributed by atoms with E-state index in [1.807, 2.05) is 25.1 Å². The Morgan fingerprint density at radius 3 is 2.77 bits per heavy atom. The number of nitrogens with zero attached hydrogens (tertiary/aromatic N) is 1. The van der Waals surface area contributed by atoms with Crippen LogP contribution in [0, 0.1) is 5.92 Å². The SMILES string of the molecule is CCNC(=O)c1c(N)[nH]c2cc(N(C)C(=O)C3CC3)ccc12. The summed E-state index contributed by atoms with van der Waals surface area (Å²) in [5.41, 5.74) is 7.95. The third kappa shape index (κ3) is 2.41. The molecule has 2 amide bonds. The zero-order chi connectivity index (χ0) is 15.9. The molecule has 1 fully saturated rings. The molecule has 0 atom stereocenters. The van der Waals surface area contributed by atoms with E-state index < -0.39 is 0 Å². The minimum Gasteiger partial charge on any atom is -0.385 e. The van der Waals surface area contributed by atoms with E-state index in [2.05, 4.69) is 10.3 Å². The molecule has 1 aromatic heterocycles. The normalized spacial score (nSPS) is 14.1. The molecule has 2 aromatic rings. The van der Waals surface area contributed by atoms with Crippen molar-refractivity contribution in [3.8, 4) is 0 Å². The number of nitrogens with one attached hydrogen (secondary N) is 2. The first-order valence-corrected chi connectivity index (χ1v) is 7.50. The number of anilines is 2. The first-order valence-electron chi connectivity index (χ1n) is 7.50. The Labute approximate surface area is 128 Å². The number of carbonyl (C=O) groups is 2. The quantitative estimate of drug-likeness (QED) is 0.805. The summed E-state index contributed by atoms with van der Waals surface area (Å²) in [6.45, 7) is 2.40. The molecule has 0 saturated heterocycles. The van der Waals surface area contributed by atoms with Gasteiger partial charge in [0.1, 0.15) is 5.82 Å². The molecule has 1 heterocycles. The summed E-state index contributed by atoms with van der Waals surface area (Å²) in [6.07, 6.45) is 1.95. The number of nitrogen functional groups attached to an aromatic ring is 1. The minimum absolute atomic E-state index is 0.142. The molecule has 0 radical (unpaired) electrons. The van der Waals surface area contributed by atoms with E-state index in [0.29, 0.717) is 17.9 Å². The highest BCUT2D eigenvalue weighted by Gasteiger charge is 2.32. The van der Waals surface area contributed by atoms with Gasteiger partial charge in [-0.05, 0) is 38.0 Å². The Kier molecular flexibility index (Phi) is 3.52. The van der Waals surface area contributed by atoms with Gasteiger partial charge in [0.15, 0.2) is 0 Å². The van der Waals surface area contributed by atoms with Crippen molar-refractivity contribution in [1.29, 1.82) is 0 Å². The summed E-state index contributed by atoms with van der Waals surface area (Å²) < 4.78 is 0. The van der Waals surface area contributed by atoms with Gasteiger partial charge in [0, 0.05) is 36.1 Å². The molecular weight excluding hydrogens is 280 g/mol. The van der Waals surface area contributed by atoms with Crippen LogP contribution in [0.15, 0.2) is 18.2 Å². The summed E-state index contributed by atoms with van der Waals surface area (Å²) in [4.78, 5) is 28.9. The van der Waals surface area contributed by atoms with Gasteiger partial charge in [-0.2, -0.15) is 0 Å². The maximum absolute atomic E-state index is 12.1. The van der Waals surface area contributed by atoms with Gasteiger partial charge in [-0.25, -0.2) is 0 Å². The summed E-state index contributed by atoms with van der Waals surface area (Å²) in [7, 11) is 1.78. The highest BCUT2D eigenvalue weighted by atomic mass is 16.2. The van der Waals surface area contributed by atoms with Gasteiger partial charge in [-0.1, -0.05) is 0 Å². The average molecular weight is 300 g/mol. The highest BCUT2D eigenvalue weighted by Crippen LogP contribution is 2.33. The second kappa shape index (κ2) is 5.36. The fourth-order valence-electron chi connectivity index (χ4n) is 2.64. The lowest BCUT2D eigenvalue weighted by Crippen LogP contribution is -2.27. The van der Waals surface area contributed by atoms with E-state index in [9.17, 15) is 9.59 Å². The summed E-state index contributed by atoms with van der Waals surface area (Å²) in [5.74, 6) is 0.457. The maximum atomic E-state index is 12.1. The predicted octanol–water partition coefficient (Wildman–Crippen LogP) is 1.87. The Morgan fingerprint density at radius 2 is 2.14 bits per heavy atom. The van der Waals surface area contributed by atoms with Crippen LogP contribution in [0.4, 0.5) is 11.5 Å². The molecule has 0 aliphatic heterocycles. The van der Waals surface area contributed by atoms with Crippen LogP contribution < -0.4 is 16.0 Å². The number of benzene rings is 1. The van der Waals surface area contributed by atoms with E-state index in [4.69, 9.17) is 5.73 Å². The number of amides is 2. The number of nitrogens with two attached hydrogens (primary N) is 1. The lowest BCUT2D eigenvalue weighted by Gasteiger charge is -2.17. The number of rotatable bonds is 4. The average Bonchev–Trinajstić information content (AvgIpc) is 3.27. The van der Waals surface area contributed by atoms with Crippen molar-refractivity contribution in [1.82, 2.24) is 10.3 Å². The second-order valence-electron chi connectivity index (χ2n) is 5.67. The third-order valence-electron chi connectivity index (χ3n) is 4.02. The zero-order valence-corrected chi connectivity index (χ0v) is 12.8. The van der Waals surface area contributed by atoms with Crippen molar-refractivity contribution in [2.45, 2.75) is 19.8 Å². The lowest BCUT2D eigenvalue weighted by atomic mass is 10.1. The fraction of sp³-hybridized carbons (Fsp3) is 0.375. The predicted molar refractivity (Wildman–Crippen MR) is 86.9 cm³/mol. The van der Waals surface area contributed by atoms with Crippen LogP contribution in [-0.2, 0) is 4.79 Å². The Hall–Kier alpha value is -2.50. The highest BCUT2D eigenvalue weighted by molar-refractivity contribution is 6.12. The topological polar surface area (TPSA) is 91.2 Å². The largest absolute Gasteiger partial charge is 0.385 e. The van der Waals surface area contributed by atoms with Crippen LogP contribution in [0.25, 0.3) is 10.9 Å². The van der Waals surface area contributed by atoms with E-state index in [0.717, 1.165) is 29.4 Å². The smallest absolute Gasteiger partial charge is 0.255 e. The molecule has 1 aliphatic rings. The van der Waals surface area contributed by atoms with Crippen LogP contribution in [0.1, 0.15) is 30.1 Å². The van der Waals surface area contributed by atoms with E-state index in [-0.39, 0.29) is 17.7 Å². The number of H-pyrrole nitrogens is 1. The van der Waals surface area contributed by atoms with E-state index in [1.165, 1.54) is 0 Å². The molecule has 1 saturated carbocycles. The Bertz CT molecular complexity index is 746. The van der Waals surface area contributed by atoms with Gasteiger partial charge in [0.2, 0.25) is 5.91 Å². The van der Waals surface area contributed by atoms with Crippen LogP contribution in [0.5, 0.6) is 0 Å². The van der Waals surface area contributed by atoms with Crippen LogP contribution in [0.3, 0.4) is 0 Å². The van der Waals surface area contributed by atoms with E-state index in [1.54, 1.807) is 11.9 Å². The number of hydrogen-bond acceptors (Lipinski definition) is 3. The molecule has 22 heavy (non-hydrogen) atoms. The molecule has 3 rings (SSSR count). The molecule has 0 bridgehead atoms. The number of fused-ring (bicyclic) bond motifs is 1. The minimum atomic E-state index is -0.193. The van der Waals surface area contributed by atoms with Gasteiger partial charge in [-0.15, -0.1) is 0 Å². The van der Waals surface area contributed by atoms with Crippen molar-refractivity contribution >= 4 is 34.2 Å². The molecule has 1 aliphatic carbocycles. The van der Waals surface area contributed by atoms with Crippen LogP contribution >= 0.6 is 0 Å². The molecule has 0 spiro atoms. The summed E-state index contributed by atoms with van der Waals surface area (Å²) >= 11 is 0. The van der Waals surface area contributed by atoms with Crippen molar-refractivity contribution in [2.75, 3.05) is 24.2 Å². The molecule has 6 heteroatoms. The fourth-order valence-corrected chi connectivity index (χ4v) is 2.64. The number of hydrogen-bond donors (Lipinski definition) is 3.